The van der Waals surface area contributed by atoms with Gasteiger partial charge in [0, 0.05) is 4.83 Å². The van der Waals surface area contributed by atoms with Crippen molar-refractivity contribution in [1.29, 1.82) is 0 Å². The quantitative estimate of drug-likeness (QED) is 0.802. The molecule has 0 aliphatic heterocycles. The summed E-state index contributed by atoms with van der Waals surface area (Å²) >= 11 is 3.72. The zero-order valence-corrected chi connectivity index (χ0v) is 9.70. The summed E-state index contributed by atoms with van der Waals surface area (Å²) in [4.78, 5) is 0.671. The molecule has 1 nitrogen and oxygen atoms in total. The van der Waals surface area contributed by atoms with Gasteiger partial charge in [-0.15, -0.1) is 0 Å². The van der Waals surface area contributed by atoms with Crippen LogP contribution in [0.2, 0.25) is 0 Å². The average Bonchev–Trinajstić information content (AvgIpc) is 2.52. The Morgan fingerprint density at radius 1 is 1.36 bits per heavy atom. The van der Waals surface area contributed by atoms with Gasteiger partial charge in [-0.2, -0.15) is 0 Å². The number of phenolic OH excluding ortho intramolecular Hbond substituents is 1. The van der Waals surface area contributed by atoms with Crippen LogP contribution in [0.1, 0.15) is 24.8 Å². The third kappa shape index (κ3) is 2.30. The number of rotatable bonds is 2. The van der Waals surface area contributed by atoms with Gasteiger partial charge in [0.15, 0.2) is 0 Å². The number of alkyl halides is 1. The van der Waals surface area contributed by atoms with Crippen molar-refractivity contribution in [2.75, 3.05) is 0 Å². The monoisotopic (exact) mass is 254 g/mol. The number of hydrogen-bond acceptors (Lipinski definition) is 1. The summed E-state index contributed by atoms with van der Waals surface area (Å²) in [6.07, 6.45) is 5.03. The summed E-state index contributed by atoms with van der Waals surface area (Å²) in [5.74, 6) is 1.13. The van der Waals surface area contributed by atoms with Crippen LogP contribution in [-0.4, -0.2) is 9.93 Å². The molecule has 0 aromatic heterocycles. The predicted octanol–water partition coefficient (Wildman–Crippen LogP) is 3.50. The van der Waals surface area contributed by atoms with Gasteiger partial charge in [-0.3, -0.25) is 0 Å². The molecule has 2 heteroatoms. The molecule has 1 N–H and O–H groups in total. The Labute approximate surface area is 93.3 Å². The van der Waals surface area contributed by atoms with E-state index < -0.39 is 0 Å². The molecule has 0 saturated heterocycles. The van der Waals surface area contributed by atoms with E-state index in [0.29, 0.717) is 10.6 Å². The Morgan fingerprint density at radius 2 is 2.21 bits per heavy atom. The first-order valence-corrected chi connectivity index (χ1v) is 6.09. The van der Waals surface area contributed by atoms with Crippen LogP contribution < -0.4 is 0 Å². The van der Waals surface area contributed by atoms with Crippen molar-refractivity contribution in [1.82, 2.24) is 0 Å². The minimum absolute atomic E-state index is 0.381. The highest BCUT2D eigenvalue weighted by atomic mass is 79.9. The number of aromatic hydroxyl groups is 1. The van der Waals surface area contributed by atoms with Crippen molar-refractivity contribution in [2.45, 2.75) is 30.5 Å². The van der Waals surface area contributed by atoms with Gasteiger partial charge in [-0.1, -0.05) is 34.5 Å². The fraction of sp³-hybridized carbons (Fsp3) is 0.500. The fourth-order valence-electron chi connectivity index (χ4n) is 2.21. The average molecular weight is 255 g/mol. The molecule has 1 aromatic rings. The molecule has 14 heavy (non-hydrogen) atoms. The number of benzene rings is 1. The highest BCUT2D eigenvalue weighted by Gasteiger charge is 2.24. The number of halogens is 1. The van der Waals surface area contributed by atoms with Crippen molar-refractivity contribution in [3.63, 3.8) is 0 Å². The van der Waals surface area contributed by atoms with Crippen molar-refractivity contribution in [3.05, 3.63) is 29.8 Å². The standard InChI is InChI=1S/C12H15BrO/c13-12-6-2-4-10(12)7-9-3-1-5-11(14)8-9/h1,3,5,8,10,12,14H,2,4,6-7H2. The first-order chi connectivity index (χ1) is 6.75. The minimum atomic E-state index is 0.381. The van der Waals surface area contributed by atoms with E-state index in [9.17, 15) is 5.11 Å². The second-order valence-corrected chi connectivity index (χ2v) is 5.26. The van der Waals surface area contributed by atoms with Gasteiger partial charge in [0.25, 0.3) is 0 Å². The zero-order chi connectivity index (χ0) is 9.97. The lowest BCUT2D eigenvalue weighted by Crippen LogP contribution is -2.09. The van der Waals surface area contributed by atoms with Crippen LogP contribution in [0.4, 0.5) is 0 Å². The van der Waals surface area contributed by atoms with Crippen LogP contribution in [0, 0.1) is 5.92 Å². The minimum Gasteiger partial charge on any atom is -0.508 e. The topological polar surface area (TPSA) is 20.2 Å². The molecule has 76 valence electrons. The normalized spacial score (nSPS) is 26.6. The van der Waals surface area contributed by atoms with E-state index in [1.54, 1.807) is 6.07 Å². The Balaban J connectivity index is 2.03. The van der Waals surface area contributed by atoms with E-state index in [-0.39, 0.29) is 0 Å². The highest BCUT2D eigenvalue weighted by Crippen LogP contribution is 2.34. The second kappa shape index (κ2) is 4.35. The SMILES string of the molecule is Oc1cccc(CC2CCCC2Br)c1. The van der Waals surface area contributed by atoms with Crippen molar-refractivity contribution >= 4 is 15.9 Å². The zero-order valence-electron chi connectivity index (χ0n) is 8.12. The molecule has 0 bridgehead atoms. The van der Waals surface area contributed by atoms with E-state index in [1.165, 1.54) is 24.8 Å². The maximum atomic E-state index is 9.34. The van der Waals surface area contributed by atoms with E-state index in [0.717, 1.165) is 12.3 Å². The largest absolute Gasteiger partial charge is 0.508 e. The lowest BCUT2D eigenvalue weighted by Gasteiger charge is -2.13. The molecule has 2 unspecified atom stereocenters. The molecule has 1 fully saturated rings. The van der Waals surface area contributed by atoms with Crippen molar-refractivity contribution in [2.24, 2.45) is 5.92 Å². The molecule has 1 saturated carbocycles. The molecular formula is C12H15BrO. The molecule has 1 aromatic carbocycles. The van der Waals surface area contributed by atoms with Gasteiger partial charge < -0.3 is 5.11 Å². The summed E-state index contributed by atoms with van der Waals surface area (Å²) in [6, 6.07) is 7.61. The van der Waals surface area contributed by atoms with E-state index in [1.807, 2.05) is 12.1 Å². The molecule has 0 heterocycles. The third-order valence-electron chi connectivity index (χ3n) is 2.97. The first kappa shape index (κ1) is 10.0. The molecule has 0 spiro atoms. The Morgan fingerprint density at radius 3 is 2.86 bits per heavy atom. The van der Waals surface area contributed by atoms with Crippen LogP contribution in [0.3, 0.4) is 0 Å². The lowest BCUT2D eigenvalue weighted by molar-refractivity contribution is 0.473. The van der Waals surface area contributed by atoms with Crippen LogP contribution in [-0.2, 0) is 6.42 Å². The third-order valence-corrected chi connectivity index (χ3v) is 4.18. The summed E-state index contributed by atoms with van der Waals surface area (Å²) in [6.45, 7) is 0. The molecule has 1 aliphatic rings. The molecular weight excluding hydrogens is 240 g/mol. The van der Waals surface area contributed by atoms with Gasteiger partial charge in [0.1, 0.15) is 5.75 Å². The molecule has 0 amide bonds. The second-order valence-electron chi connectivity index (χ2n) is 4.08. The maximum Gasteiger partial charge on any atom is 0.115 e. The van der Waals surface area contributed by atoms with Gasteiger partial charge in [-0.25, -0.2) is 0 Å². The maximum absolute atomic E-state index is 9.34. The summed E-state index contributed by atoms with van der Waals surface area (Å²) in [5.41, 5.74) is 1.25. The van der Waals surface area contributed by atoms with Crippen molar-refractivity contribution < 1.29 is 5.11 Å². The summed E-state index contributed by atoms with van der Waals surface area (Å²) < 4.78 is 0. The summed E-state index contributed by atoms with van der Waals surface area (Å²) in [7, 11) is 0. The van der Waals surface area contributed by atoms with Crippen LogP contribution in [0.5, 0.6) is 5.75 Å². The smallest absolute Gasteiger partial charge is 0.115 e. The van der Waals surface area contributed by atoms with Crippen LogP contribution in [0.15, 0.2) is 24.3 Å². The van der Waals surface area contributed by atoms with Gasteiger partial charge in [0.05, 0.1) is 0 Å². The van der Waals surface area contributed by atoms with E-state index in [4.69, 9.17) is 0 Å². The molecule has 0 radical (unpaired) electrons. The Hall–Kier alpha value is -0.500. The van der Waals surface area contributed by atoms with Crippen molar-refractivity contribution in [3.8, 4) is 5.75 Å². The van der Waals surface area contributed by atoms with Gasteiger partial charge in [-0.05, 0) is 42.9 Å². The molecule has 2 atom stereocenters. The Bertz CT molecular complexity index is 311. The highest BCUT2D eigenvalue weighted by molar-refractivity contribution is 9.09. The predicted molar refractivity (Wildman–Crippen MR) is 61.9 cm³/mol. The van der Waals surface area contributed by atoms with E-state index in [2.05, 4.69) is 22.0 Å². The van der Waals surface area contributed by atoms with Gasteiger partial charge >= 0.3 is 0 Å². The van der Waals surface area contributed by atoms with Crippen LogP contribution in [0.25, 0.3) is 0 Å². The van der Waals surface area contributed by atoms with Gasteiger partial charge in [0.2, 0.25) is 0 Å². The molecule has 2 rings (SSSR count). The van der Waals surface area contributed by atoms with Crippen LogP contribution >= 0.6 is 15.9 Å². The van der Waals surface area contributed by atoms with E-state index >= 15 is 0 Å². The number of phenols is 1. The summed E-state index contributed by atoms with van der Waals surface area (Å²) in [5, 5.41) is 9.34. The lowest BCUT2D eigenvalue weighted by atomic mass is 9.98. The first-order valence-electron chi connectivity index (χ1n) is 5.17. The fourth-order valence-corrected chi connectivity index (χ4v) is 2.98. The molecule has 1 aliphatic carbocycles. The number of hydrogen-bond donors (Lipinski definition) is 1. The Kier molecular flexibility index (Phi) is 3.12.